The third-order valence-electron chi connectivity index (χ3n) is 2.46. The predicted octanol–water partition coefficient (Wildman–Crippen LogP) is 2.81. The Balaban J connectivity index is 2.39. The lowest BCUT2D eigenvalue weighted by Crippen LogP contribution is -2.26. The molecule has 0 radical (unpaired) electrons. The van der Waals surface area contributed by atoms with E-state index in [0.29, 0.717) is 10.1 Å². The lowest BCUT2D eigenvalue weighted by molar-refractivity contribution is 0.695. The lowest BCUT2D eigenvalue weighted by Gasteiger charge is -2.09. The lowest BCUT2D eigenvalue weighted by atomic mass is 10.2. The van der Waals surface area contributed by atoms with Gasteiger partial charge in [0.2, 0.25) is 0 Å². The van der Waals surface area contributed by atoms with Crippen molar-refractivity contribution in [2.75, 3.05) is 0 Å². The summed E-state index contributed by atoms with van der Waals surface area (Å²) < 4.78 is 3.54. The van der Waals surface area contributed by atoms with Crippen LogP contribution < -0.4 is 5.56 Å². The number of hydrogen-bond acceptors (Lipinski definition) is 2. The van der Waals surface area contributed by atoms with E-state index in [1.807, 2.05) is 53.8 Å². The number of benzene rings is 1. The second kappa shape index (κ2) is 5.47. The number of hydrogen-bond donors (Lipinski definition) is 0. The normalized spacial score (nSPS) is 10.5. The van der Waals surface area contributed by atoms with Crippen molar-refractivity contribution in [2.24, 2.45) is 0 Å². The summed E-state index contributed by atoms with van der Waals surface area (Å²) in [6.07, 6.45) is 1.61. The van der Waals surface area contributed by atoms with E-state index in [9.17, 15) is 4.79 Å². The molecule has 17 heavy (non-hydrogen) atoms. The van der Waals surface area contributed by atoms with Crippen LogP contribution in [0.4, 0.5) is 0 Å². The van der Waals surface area contributed by atoms with Gasteiger partial charge in [-0.1, -0.05) is 12.1 Å². The van der Waals surface area contributed by atoms with E-state index >= 15 is 0 Å². The first-order valence-corrected chi connectivity index (χ1v) is 7.20. The first kappa shape index (κ1) is 13.0. The monoisotopic (exact) mass is 452 g/mol. The molecule has 2 rings (SSSR count). The number of halogens is 2. The van der Waals surface area contributed by atoms with Gasteiger partial charge in [-0.25, -0.2) is 4.98 Å². The van der Waals surface area contributed by atoms with Crippen LogP contribution in [0.1, 0.15) is 11.4 Å². The summed E-state index contributed by atoms with van der Waals surface area (Å²) in [5.74, 6) is 0.744. The van der Waals surface area contributed by atoms with Gasteiger partial charge in [0.1, 0.15) is 5.82 Å². The Bertz CT molecular complexity index is 590. The average Bonchev–Trinajstić information content (AvgIpc) is 2.32. The first-order valence-electron chi connectivity index (χ1n) is 5.04. The SMILES string of the molecule is Cc1ncc(I)c(=O)n1Cc1ccc(I)cc1. The zero-order chi connectivity index (χ0) is 12.4. The molecular weight excluding hydrogens is 442 g/mol. The van der Waals surface area contributed by atoms with Crippen LogP contribution in [0.25, 0.3) is 0 Å². The van der Waals surface area contributed by atoms with Crippen molar-refractivity contribution in [1.82, 2.24) is 9.55 Å². The van der Waals surface area contributed by atoms with E-state index in [2.05, 4.69) is 27.6 Å². The molecule has 0 aliphatic heterocycles. The van der Waals surface area contributed by atoms with Gasteiger partial charge in [0, 0.05) is 9.77 Å². The molecule has 0 saturated heterocycles. The van der Waals surface area contributed by atoms with Crippen LogP contribution in [0.3, 0.4) is 0 Å². The quantitative estimate of drug-likeness (QED) is 0.658. The summed E-state index contributed by atoms with van der Waals surface area (Å²) in [5.41, 5.74) is 1.14. The van der Waals surface area contributed by atoms with Crippen molar-refractivity contribution in [3.8, 4) is 0 Å². The summed E-state index contributed by atoms with van der Waals surface area (Å²) in [6, 6.07) is 8.15. The Morgan fingerprint density at radius 2 is 1.88 bits per heavy atom. The van der Waals surface area contributed by atoms with Crippen molar-refractivity contribution in [1.29, 1.82) is 0 Å². The average molecular weight is 452 g/mol. The summed E-state index contributed by atoms with van der Waals surface area (Å²) in [6.45, 7) is 2.43. The molecule has 0 amide bonds. The molecule has 1 heterocycles. The Morgan fingerprint density at radius 3 is 2.53 bits per heavy atom. The molecule has 3 nitrogen and oxygen atoms in total. The molecule has 0 atom stereocenters. The molecule has 0 unspecified atom stereocenters. The van der Waals surface area contributed by atoms with Gasteiger partial charge in [-0.3, -0.25) is 9.36 Å². The van der Waals surface area contributed by atoms with Crippen molar-refractivity contribution in [3.05, 3.63) is 59.3 Å². The van der Waals surface area contributed by atoms with E-state index in [-0.39, 0.29) is 5.56 Å². The molecule has 88 valence electrons. The minimum Gasteiger partial charge on any atom is -0.292 e. The highest BCUT2D eigenvalue weighted by Crippen LogP contribution is 2.08. The number of nitrogens with zero attached hydrogens (tertiary/aromatic N) is 2. The second-order valence-electron chi connectivity index (χ2n) is 3.67. The molecule has 0 spiro atoms. The highest BCUT2D eigenvalue weighted by Gasteiger charge is 2.05. The predicted molar refractivity (Wildman–Crippen MR) is 84.2 cm³/mol. The van der Waals surface area contributed by atoms with E-state index in [1.165, 1.54) is 3.57 Å². The molecule has 0 aliphatic carbocycles. The minimum atomic E-state index is 0.0247. The standard InChI is InChI=1S/C12H10I2N2O/c1-8-15-6-11(14)12(17)16(8)7-9-2-4-10(13)5-3-9/h2-6H,7H2,1H3. The van der Waals surface area contributed by atoms with Crippen LogP contribution in [0.5, 0.6) is 0 Å². The zero-order valence-electron chi connectivity index (χ0n) is 9.15. The first-order chi connectivity index (χ1) is 8.08. The fraction of sp³-hybridized carbons (Fsp3) is 0.167. The molecule has 0 fully saturated rings. The Hall–Kier alpha value is -0.440. The van der Waals surface area contributed by atoms with Crippen LogP contribution in [0.15, 0.2) is 35.3 Å². The van der Waals surface area contributed by atoms with Crippen LogP contribution >= 0.6 is 45.2 Å². The third kappa shape index (κ3) is 3.06. The van der Waals surface area contributed by atoms with Crippen molar-refractivity contribution in [2.45, 2.75) is 13.5 Å². The smallest absolute Gasteiger partial charge is 0.267 e. The van der Waals surface area contributed by atoms with Gasteiger partial charge in [-0.15, -0.1) is 0 Å². The van der Waals surface area contributed by atoms with Crippen molar-refractivity contribution in [3.63, 3.8) is 0 Å². The topological polar surface area (TPSA) is 34.9 Å². The van der Waals surface area contributed by atoms with Crippen molar-refractivity contribution >= 4 is 45.2 Å². The number of rotatable bonds is 2. The fourth-order valence-corrected chi connectivity index (χ4v) is 2.30. The summed E-state index contributed by atoms with van der Waals surface area (Å²) in [4.78, 5) is 16.2. The van der Waals surface area contributed by atoms with E-state index in [0.717, 1.165) is 11.4 Å². The van der Waals surface area contributed by atoms with Gasteiger partial charge >= 0.3 is 0 Å². The zero-order valence-corrected chi connectivity index (χ0v) is 13.5. The molecule has 0 aliphatic rings. The maximum Gasteiger partial charge on any atom is 0.267 e. The highest BCUT2D eigenvalue weighted by atomic mass is 127. The number of aryl methyl sites for hydroxylation is 1. The summed E-state index contributed by atoms with van der Waals surface area (Å²) in [5, 5.41) is 0. The number of aromatic nitrogens is 2. The van der Waals surface area contributed by atoms with Crippen LogP contribution in [0.2, 0.25) is 0 Å². The van der Waals surface area contributed by atoms with E-state index in [1.54, 1.807) is 10.8 Å². The van der Waals surface area contributed by atoms with Crippen molar-refractivity contribution < 1.29 is 0 Å². The minimum absolute atomic E-state index is 0.0247. The highest BCUT2D eigenvalue weighted by molar-refractivity contribution is 14.1. The maximum atomic E-state index is 12.0. The second-order valence-corrected chi connectivity index (χ2v) is 6.08. The Labute approximate surface area is 127 Å². The summed E-state index contributed by atoms with van der Waals surface area (Å²) >= 11 is 4.28. The van der Waals surface area contributed by atoms with Gasteiger partial charge in [0.15, 0.2) is 0 Å². The third-order valence-corrected chi connectivity index (χ3v) is 3.92. The van der Waals surface area contributed by atoms with Gasteiger partial charge < -0.3 is 0 Å². The Morgan fingerprint density at radius 1 is 1.24 bits per heavy atom. The fourth-order valence-electron chi connectivity index (χ4n) is 1.51. The summed E-state index contributed by atoms with van der Waals surface area (Å²) in [7, 11) is 0. The molecule has 1 aromatic carbocycles. The largest absolute Gasteiger partial charge is 0.292 e. The molecule has 2 aromatic rings. The maximum absolute atomic E-state index is 12.0. The Kier molecular flexibility index (Phi) is 4.18. The van der Waals surface area contributed by atoms with E-state index in [4.69, 9.17) is 0 Å². The molecular formula is C12H10I2N2O. The molecule has 5 heteroatoms. The van der Waals surface area contributed by atoms with Gasteiger partial charge in [0.05, 0.1) is 10.1 Å². The molecule has 0 saturated carbocycles. The van der Waals surface area contributed by atoms with Crippen LogP contribution in [0, 0.1) is 14.1 Å². The molecule has 1 aromatic heterocycles. The van der Waals surface area contributed by atoms with Crippen LogP contribution in [-0.2, 0) is 6.54 Å². The molecule has 0 N–H and O–H groups in total. The van der Waals surface area contributed by atoms with Gasteiger partial charge in [-0.05, 0) is 69.8 Å². The van der Waals surface area contributed by atoms with E-state index < -0.39 is 0 Å². The van der Waals surface area contributed by atoms with Gasteiger partial charge in [-0.2, -0.15) is 0 Å². The van der Waals surface area contributed by atoms with Crippen LogP contribution in [-0.4, -0.2) is 9.55 Å². The molecule has 0 bridgehead atoms. The van der Waals surface area contributed by atoms with Gasteiger partial charge in [0.25, 0.3) is 5.56 Å².